The fourth-order valence-corrected chi connectivity index (χ4v) is 2.36. The van der Waals surface area contributed by atoms with Crippen LogP contribution in [0.2, 0.25) is 0 Å². The van der Waals surface area contributed by atoms with Crippen LogP contribution in [0.3, 0.4) is 0 Å². The van der Waals surface area contributed by atoms with Gasteiger partial charge in [0.15, 0.2) is 0 Å². The molecule has 2 aromatic rings. The zero-order valence-corrected chi connectivity index (χ0v) is 12.7. The van der Waals surface area contributed by atoms with Crippen molar-refractivity contribution in [2.75, 3.05) is 24.3 Å². The first-order chi connectivity index (χ1) is 9.72. The summed E-state index contributed by atoms with van der Waals surface area (Å²) in [5.74, 6) is 0. The van der Waals surface area contributed by atoms with E-state index < -0.39 is 0 Å². The quantitative estimate of drug-likeness (QED) is 0.839. The summed E-state index contributed by atoms with van der Waals surface area (Å²) in [4.78, 5) is 2.27. The van der Waals surface area contributed by atoms with Crippen molar-refractivity contribution in [2.45, 2.75) is 26.3 Å². The van der Waals surface area contributed by atoms with Gasteiger partial charge in [-0.1, -0.05) is 43.7 Å². The lowest BCUT2D eigenvalue weighted by Gasteiger charge is -2.20. The molecule has 2 rings (SSSR count). The maximum Gasteiger partial charge on any atom is 0.0426 e. The van der Waals surface area contributed by atoms with Gasteiger partial charge in [-0.05, 0) is 35.7 Å². The number of anilines is 2. The van der Waals surface area contributed by atoms with Crippen molar-refractivity contribution in [1.82, 2.24) is 0 Å². The van der Waals surface area contributed by atoms with Gasteiger partial charge < -0.3 is 10.2 Å². The van der Waals surface area contributed by atoms with Crippen LogP contribution in [-0.4, -0.2) is 14.1 Å². The predicted octanol–water partition coefficient (Wildman–Crippen LogP) is 4.32. The summed E-state index contributed by atoms with van der Waals surface area (Å²) in [6.45, 7) is 3.15. The van der Waals surface area contributed by atoms with E-state index in [1.54, 1.807) is 0 Å². The van der Waals surface area contributed by atoms with Crippen molar-refractivity contribution in [3.63, 3.8) is 0 Å². The maximum absolute atomic E-state index is 3.18. The van der Waals surface area contributed by atoms with Gasteiger partial charge in [0, 0.05) is 32.0 Å². The molecule has 0 aliphatic heterocycles. The Morgan fingerprint density at radius 2 is 1.70 bits per heavy atom. The molecule has 0 unspecified atom stereocenters. The summed E-state index contributed by atoms with van der Waals surface area (Å²) in [5, 5.41) is 3.18. The lowest BCUT2D eigenvalue weighted by atomic mass is 10.1. The average molecular weight is 268 g/mol. The maximum atomic E-state index is 3.18. The average Bonchev–Trinajstić information content (AvgIpc) is 2.49. The zero-order valence-electron chi connectivity index (χ0n) is 12.7. The van der Waals surface area contributed by atoms with E-state index in [1.165, 1.54) is 29.7 Å². The first-order valence-electron chi connectivity index (χ1n) is 7.29. The Morgan fingerprint density at radius 1 is 1.00 bits per heavy atom. The number of benzene rings is 2. The zero-order chi connectivity index (χ0) is 14.4. The van der Waals surface area contributed by atoms with Gasteiger partial charge in [-0.3, -0.25) is 0 Å². The van der Waals surface area contributed by atoms with Gasteiger partial charge in [0.2, 0.25) is 0 Å². The smallest absolute Gasteiger partial charge is 0.0426 e. The van der Waals surface area contributed by atoms with Gasteiger partial charge in [-0.15, -0.1) is 0 Å². The van der Waals surface area contributed by atoms with Crippen LogP contribution in [0.4, 0.5) is 11.4 Å². The summed E-state index contributed by atoms with van der Waals surface area (Å²) in [6.07, 6.45) is 2.37. The van der Waals surface area contributed by atoms with Crippen molar-refractivity contribution >= 4 is 11.4 Å². The van der Waals surface area contributed by atoms with Crippen LogP contribution in [0.1, 0.15) is 24.5 Å². The van der Waals surface area contributed by atoms with Gasteiger partial charge >= 0.3 is 0 Å². The van der Waals surface area contributed by atoms with Crippen LogP contribution in [0.5, 0.6) is 0 Å². The number of nitrogens with zero attached hydrogens (tertiary/aromatic N) is 1. The Balaban J connectivity index is 2.04. The number of hydrogen-bond acceptors (Lipinski definition) is 2. The Hall–Kier alpha value is -1.96. The number of hydrogen-bond donors (Lipinski definition) is 1. The van der Waals surface area contributed by atoms with Crippen molar-refractivity contribution in [3.8, 4) is 0 Å². The molecule has 0 atom stereocenters. The molecule has 0 spiro atoms. The van der Waals surface area contributed by atoms with E-state index in [0.29, 0.717) is 0 Å². The van der Waals surface area contributed by atoms with Crippen LogP contribution in [0.15, 0.2) is 48.5 Å². The van der Waals surface area contributed by atoms with Crippen LogP contribution >= 0.6 is 0 Å². The molecule has 0 saturated carbocycles. The van der Waals surface area contributed by atoms with Crippen LogP contribution < -0.4 is 10.2 Å². The van der Waals surface area contributed by atoms with Gasteiger partial charge in [-0.2, -0.15) is 0 Å². The van der Waals surface area contributed by atoms with Crippen molar-refractivity contribution in [1.29, 1.82) is 0 Å². The molecule has 2 heteroatoms. The second kappa shape index (κ2) is 6.99. The molecule has 0 bridgehead atoms. The van der Waals surface area contributed by atoms with Crippen LogP contribution in [0.25, 0.3) is 0 Å². The minimum absolute atomic E-state index is 0.930. The highest BCUT2D eigenvalue weighted by molar-refractivity contribution is 5.57. The van der Waals surface area contributed by atoms with Gasteiger partial charge in [0.1, 0.15) is 0 Å². The molecule has 0 aliphatic carbocycles. The first-order valence-corrected chi connectivity index (χ1v) is 7.29. The van der Waals surface area contributed by atoms with E-state index in [1.807, 2.05) is 7.05 Å². The van der Waals surface area contributed by atoms with E-state index in [2.05, 4.69) is 72.7 Å². The predicted molar refractivity (Wildman–Crippen MR) is 88.5 cm³/mol. The van der Waals surface area contributed by atoms with E-state index >= 15 is 0 Å². The van der Waals surface area contributed by atoms with Crippen molar-refractivity contribution in [3.05, 3.63) is 59.7 Å². The summed E-state index contributed by atoms with van der Waals surface area (Å²) in [6, 6.07) is 17.5. The molecular formula is C18H24N2. The fraction of sp³-hybridized carbons (Fsp3) is 0.333. The first kappa shape index (κ1) is 14.4. The second-order valence-corrected chi connectivity index (χ2v) is 5.22. The van der Waals surface area contributed by atoms with E-state index in [9.17, 15) is 0 Å². The Kier molecular flexibility index (Phi) is 5.05. The highest BCUT2D eigenvalue weighted by atomic mass is 15.1. The molecule has 0 amide bonds. The highest BCUT2D eigenvalue weighted by Gasteiger charge is 2.03. The molecule has 0 fully saturated rings. The van der Waals surface area contributed by atoms with Crippen LogP contribution in [-0.2, 0) is 13.0 Å². The molecule has 0 radical (unpaired) electrons. The summed E-state index contributed by atoms with van der Waals surface area (Å²) < 4.78 is 0. The lowest BCUT2D eigenvalue weighted by Crippen LogP contribution is -2.16. The number of nitrogens with one attached hydrogen (secondary N) is 1. The van der Waals surface area contributed by atoms with Crippen molar-refractivity contribution < 1.29 is 0 Å². The lowest BCUT2D eigenvalue weighted by molar-refractivity contribution is 0.905. The fourth-order valence-electron chi connectivity index (χ4n) is 2.36. The Labute approximate surface area is 122 Å². The van der Waals surface area contributed by atoms with E-state index in [4.69, 9.17) is 0 Å². The molecule has 0 aromatic heterocycles. The molecular weight excluding hydrogens is 244 g/mol. The second-order valence-electron chi connectivity index (χ2n) is 5.22. The van der Waals surface area contributed by atoms with Crippen molar-refractivity contribution in [2.24, 2.45) is 0 Å². The van der Waals surface area contributed by atoms with Crippen LogP contribution in [0, 0.1) is 0 Å². The minimum Gasteiger partial charge on any atom is -0.388 e. The number of aryl methyl sites for hydroxylation is 1. The third-order valence-corrected chi connectivity index (χ3v) is 3.56. The standard InChI is InChI=1S/C18H24N2/c1-4-6-15-9-11-16(12-10-15)14-20(3)18-8-5-7-17(13-18)19-2/h5,7-13,19H,4,6,14H2,1-3H3. The number of rotatable bonds is 6. The minimum atomic E-state index is 0.930. The molecule has 106 valence electrons. The van der Waals surface area contributed by atoms with E-state index in [-0.39, 0.29) is 0 Å². The van der Waals surface area contributed by atoms with Gasteiger partial charge in [-0.25, -0.2) is 0 Å². The monoisotopic (exact) mass is 268 g/mol. The molecule has 20 heavy (non-hydrogen) atoms. The Bertz CT molecular complexity index is 531. The third kappa shape index (κ3) is 3.77. The van der Waals surface area contributed by atoms with Gasteiger partial charge in [0.25, 0.3) is 0 Å². The van der Waals surface area contributed by atoms with E-state index in [0.717, 1.165) is 12.2 Å². The van der Waals surface area contributed by atoms with Gasteiger partial charge in [0.05, 0.1) is 0 Å². The molecule has 2 aromatic carbocycles. The third-order valence-electron chi connectivity index (χ3n) is 3.56. The summed E-state index contributed by atoms with van der Waals surface area (Å²) in [5.41, 5.74) is 5.15. The molecule has 0 saturated heterocycles. The summed E-state index contributed by atoms with van der Waals surface area (Å²) in [7, 11) is 4.08. The SMILES string of the molecule is CCCc1ccc(CN(C)c2cccc(NC)c2)cc1. The molecule has 1 N–H and O–H groups in total. The highest BCUT2D eigenvalue weighted by Crippen LogP contribution is 2.20. The summed E-state index contributed by atoms with van der Waals surface area (Å²) >= 11 is 0. The Morgan fingerprint density at radius 3 is 2.35 bits per heavy atom. The largest absolute Gasteiger partial charge is 0.388 e. The topological polar surface area (TPSA) is 15.3 Å². The molecule has 0 aliphatic rings. The molecule has 0 heterocycles. The molecule has 2 nitrogen and oxygen atoms in total. The normalized spacial score (nSPS) is 10.3.